The molecule has 5 aliphatic carbocycles. The molecule has 0 aromatic rings. The summed E-state index contributed by atoms with van der Waals surface area (Å²) in [4.78, 5) is 15.3. The van der Waals surface area contributed by atoms with Crippen LogP contribution in [0.5, 0.6) is 0 Å². The number of hydrogen-bond donors (Lipinski definition) is 16. The number of ether oxygens (including phenoxy) is 12. The lowest BCUT2D eigenvalue weighted by Crippen LogP contribution is -2.66. The van der Waals surface area contributed by atoms with Crippen molar-refractivity contribution in [2.45, 2.75) is 305 Å². The van der Waals surface area contributed by atoms with Gasteiger partial charge in [0, 0.05) is 0 Å². The van der Waals surface area contributed by atoms with Crippen LogP contribution >= 0.6 is 0 Å². The zero-order chi connectivity index (χ0) is 67.7. The first-order valence-corrected chi connectivity index (χ1v) is 33.4. The molecule has 6 heterocycles. The Morgan fingerprint density at radius 3 is 1.76 bits per heavy atom. The van der Waals surface area contributed by atoms with Crippen LogP contribution in [0, 0.1) is 50.2 Å². The lowest BCUT2D eigenvalue weighted by Gasteiger charge is -2.71. The number of carbonyl (C=O) groups is 1. The van der Waals surface area contributed by atoms with Crippen molar-refractivity contribution in [2.75, 3.05) is 26.4 Å². The van der Waals surface area contributed by atoms with Gasteiger partial charge in [0.05, 0.1) is 50.2 Å². The molecular weight excluding hydrogens is 1230 g/mol. The fourth-order valence-electron chi connectivity index (χ4n) is 18.7. The second kappa shape index (κ2) is 26.9. The van der Waals surface area contributed by atoms with Crippen molar-refractivity contribution in [2.24, 2.45) is 50.2 Å². The van der Waals surface area contributed by atoms with Gasteiger partial charge in [-0.25, -0.2) is 0 Å². The van der Waals surface area contributed by atoms with Gasteiger partial charge in [0.2, 0.25) is 6.29 Å². The summed E-state index contributed by atoms with van der Waals surface area (Å²) < 4.78 is 71.5. The van der Waals surface area contributed by atoms with E-state index in [0.29, 0.717) is 38.5 Å². The average molecular weight is 1340 g/mol. The van der Waals surface area contributed by atoms with Crippen LogP contribution in [0.1, 0.15) is 127 Å². The van der Waals surface area contributed by atoms with E-state index in [0.717, 1.165) is 25.7 Å². The van der Waals surface area contributed by atoms with Crippen molar-refractivity contribution in [1.82, 2.24) is 0 Å². The number of aliphatic hydroxyl groups is 16. The lowest BCUT2D eigenvalue weighted by molar-refractivity contribution is -0.378. The van der Waals surface area contributed by atoms with E-state index >= 15 is 4.79 Å². The highest BCUT2D eigenvalue weighted by molar-refractivity contribution is 5.79. The highest BCUT2D eigenvalue weighted by Gasteiger charge is 2.70. The van der Waals surface area contributed by atoms with E-state index in [-0.39, 0.29) is 46.0 Å². The summed E-state index contributed by atoms with van der Waals surface area (Å²) in [6, 6.07) is 0. The maximum absolute atomic E-state index is 15.3. The Morgan fingerprint density at radius 2 is 1.08 bits per heavy atom. The van der Waals surface area contributed by atoms with E-state index in [2.05, 4.69) is 54.5 Å². The molecule has 0 spiro atoms. The maximum atomic E-state index is 15.3. The number of allylic oxidation sites excluding steroid dienone is 2. The van der Waals surface area contributed by atoms with Crippen molar-refractivity contribution >= 4 is 5.97 Å². The van der Waals surface area contributed by atoms with Gasteiger partial charge in [-0.3, -0.25) is 4.79 Å². The van der Waals surface area contributed by atoms with Crippen molar-refractivity contribution in [3.05, 3.63) is 11.6 Å². The van der Waals surface area contributed by atoms with E-state index < -0.39 is 215 Å². The molecule has 6 saturated heterocycles. The van der Waals surface area contributed by atoms with Gasteiger partial charge in [0.1, 0.15) is 122 Å². The minimum Gasteiger partial charge on any atom is -0.432 e. The smallest absolute Gasteiger partial charge is 0.315 e. The first-order valence-electron chi connectivity index (χ1n) is 33.4. The fourth-order valence-corrected chi connectivity index (χ4v) is 18.7. The number of hydrogen-bond acceptors (Lipinski definition) is 29. The summed E-state index contributed by atoms with van der Waals surface area (Å²) in [5, 5.41) is 174. The molecule has 0 unspecified atom stereocenters. The van der Waals surface area contributed by atoms with Crippen LogP contribution in [0.4, 0.5) is 0 Å². The molecule has 534 valence electrons. The lowest BCUT2D eigenvalue weighted by atomic mass is 9.33. The average Bonchev–Trinajstić information content (AvgIpc) is 0.676. The summed E-state index contributed by atoms with van der Waals surface area (Å²) in [5.41, 5.74) is -1.40. The molecule has 29 heteroatoms. The Morgan fingerprint density at radius 1 is 0.505 bits per heavy atom. The van der Waals surface area contributed by atoms with Crippen LogP contribution in [0.3, 0.4) is 0 Å². The first kappa shape index (κ1) is 72.4. The van der Waals surface area contributed by atoms with Gasteiger partial charge >= 0.3 is 5.97 Å². The zero-order valence-corrected chi connectivity index (χ0v) is 54.4. The van der Waals surface area contributed by atoms with E-state index in [1.807, 2.05) is 0 Å². The fraction of sp³-hybridized carbons (Fsp3) is 0.953. The Hall–Kier alpha value is -1.87. The van der Waals surface area contributed by atoms with Crippen LogP contribution in [-0.4, -0.2) is 292 Å². The largest absolute Gasteiger partial charge is 0.432 e. The molecule has 29 nitrogen and oxygen atoms in total. The number of fused-ring (bicyclic) bond motifs is 7. The number of esters is 1. The van der Waals surface area contributed by atoms with Crippen molar-refractivity contribution < 1.29 is 143 Å². The highest BCUT2D eigenvalue weighted by atomic mass is 16.8. The first-order chi connectivity index (χ1) is 43.5. The zero-order valence-electron chi connectivity index (χ0n) is 54.4. The van der Waals surface area contributed by atoms with Crippen LogP contribution in [0.25, 0.3) is 0 Å². The molecule has 4 saturated carbocycles. The van der Waals surface area contributed by atoms with Crippen LogP contribution in [-0.2, 0) is 61.6 Å². The molecule has 0 radical (unpaired) electrons. The molecule has 11 rings (SSSR count). The molecule has 0 aromatic heterocycles. The summed E-state index contributed by atoms with van der Waals surface area (Å²) in [5.74, 6) is -0.598. The topological polar surface area (TPSA) is 452 Å². The molecule has 0 amide bonds. The third-order valence-corrected chi connectivity index (χ3v) is 24.8. The van der Waals surface area contributed by atoms with E-state index in [9.17, 15) is 81.7 Å². The predicted octanol–water partition coefficient (Wildman–Crippen LogP) is -3.05. The van der Waals surface area contributed by atoms with Gasteiger partial charge in [0.15, 0.2) is 31.5 Å². The van der Waals surface area contributed by atoms with E-state index in [1.165, 1.54) is 19.4 Å². The van der Waals surface area contributed by atoms with Gasteiger partial charge in [-0.15, -0.1) is 0 Å². The molecule has 0 bridgehead atoms. The third kappa shape index (κ3) is 12.6. The Balaban J connectivity index is 0.762. The number of rotatable bonds is 14. The quantitative estimate of drug-likeness (QED) is 0.0467. The Labute approximate surface area is 540 Å². The Bertz CT molecular complexity index is 2620. The highest BCUT2D eigenvalue weighted by Crippen LogP contribution is 2.76. The standard InChI is InChI=1S/C64H104O29/c1-25-36(68)41(73)45(77)54(85-25)90-49-31(21-65)87-52(47(79)43(49)75)84-24-32-40(72)42(74)46(78)55(88-32)93-58(81)64-18-16-59(3,4)20-28(64)27-10-11-34-61(7)14-13-35(60(5,6)33(61)12-15-63(34,9)62(27,8)17-19-64)89-57-51(39(71)30(67)23-83-57)92-56-48(80)50(37(69)26(2)86-56)91-53-44(76)38(70)29(66)22-82-53/h10,25-26,28-57,65-80H,11-24H2,1-9H3/t25-,26-,28-,29-,30-,31-,32-,33+,34-,35-,36-,37-,38+,39+,40-,41+,42+,43-,44-,45-,46-,47-,48-,49-,50+,51-,52-,53+,54+,55+,56+,57+,61+,62+,63+,64+/m0/s1. The summed E-state index contributed by atoms with van der Waals surface area (Å²) >= 11 is 0. The number of carbonyl (C=O) groups excluding carboxylic acids is 1. The number of aliphatic hydroxyl groups excluding tert-OH is 16. The second-order valence-corrected chi connectivity index (χ2v) is 31.0. The van der Waals surface area contributed by atoms with Crippen LogP contribution in [0.2, 0.25) is 0 Å². The van der Waals surface area contributed by atoms with Crippen molar-refractivity contribution in [3.63, 3.8) is 0 Å². The predicted molar refractivity (Wildman–Crippen MR) is 313 cm³/mol. The third-order valence-electron chi connectivity index (χ3n) is 24.8. The monoisotopic (exact) mass is 1340 g/mol. The molecule has 6 aliphatic heterocycles. The molecule has 16 N–H and O–H groups in total. The molecule has 11 aliphatic rings. The normalized spacial score (nSPS) is 54.7. The minimum absolute atomic E-state index is 0.113. The van der Waals surface area contributed by atoms with Gasteiger partial charge in [-0.2, -0.15) is 0 Å². The van der Waals surface area contributed by atoms with Crippen molar-refractivity contribution in [3.8, 4) is 0 Å². The van der Waals surface area contributed by atoms with Gasteiger partial charge in [-0.1, -0.05) is 60.1 Å². The SMILES string of the molecule is C[C@@H]1O[C@H](O[C@@H]2[C@@H](O)[C@H](O)[C@@H](OC[C@@H]3O[C@H](OC(=O)[C@@]45CCC(C)(C)C[C@H]4C4=CC[C@H]6[C@]7(C)CC[C@H](O[C@H]8OC[C@H](O)[C@@H](O)[C@@H]8O[C@H]8O[C@@H](C)[C@H](O)[C@@H](O[C@H]9OC[C@H](O)[C@@H](O)[C@@H]9O)[C@@H]8O)C(C)(C)[C@H]7CC[C@@]6(C)[C@]4(C)CC5)[C@@H](O)[C@H](O)[C@H]3O)O[C@H]2CO)[C@@H](O)[C@H](O)[C@H]1O. The summed E-state index contributed by atoms with van der Waals surface area (Å²) in [6.45, 7) is 16.7. The van der Waals surface area contributed by atoms with Crippen molar-refractivity contribution in [1.29, 1.82) is 0 Å². The summed E-state index contributed by atoms with van der Waals surface area (Å²) in [7, 11) is 0. The van der Waals surface area contributed by atoms with Gasteiger partial charge < -0.3 is 139 Å². The molecular formula is C64H104O29. The minimum atomic E-state index is -1.90. The van der Waals surface area contributed by atoms with Gasteiger partial charge in [-0.05, 0) is 123 Å². The Kier molecular flexibility index (Phi) is 20.9. The molecule has 10 fully saturated rings. The van der Waals surface area contributed by atoms with Crippen LogP contribution < -0.4 is 0 Å². The molecule has 36 atom stereocenters. The second-order valence-electron chi connectivity index (χ2n) is 31.0. The molecule has 0 aromatic carbocycles. The van der Waals surface area contributed by atoms with Crippen LogP contribution in [0.15, 0.2) is 11.6 Å². The maximum Gasteiger partial charge on any atom is 0.315 e. The molecule has 93 heavy (non-hydrogen) atoms. The van der Waals surface area contributed by atoms with Gasteiger partial charge in [0.25, 0.3) is 0 Å². The summed E-state index contributed by atoms with van der Waals surface area (Å²) in [6.07, 6.45) is -35.6. The van der Waals surface area contributed by atoms with E-state index in [1.54, 1.807) is 0 Å². The van der Waals surface area contributed by atoms with E-state index in [4.69, 9.17) is 56.8 Å².